The summed E-state index contributed by atoms with van der Waals surface area (Å²) in [6.45, 7) is 0.376. The molecule has 2 aromatic rings. The highest BCUT2D eigenvalue weighted by Crippen LogP contribution is 2.09. The summed E-state index contributed by atoms with van der Waals surface area (Å²) < 4.78 is 0. The van der Waals surface area contributed by atoms with Crippen LogP contribution in [0.25, 0.3) is 11.0 Å². The summed E-state index contributed by atoms with van der Waals surface area (Å²) in [7, 11) is 0. The second-order valence-corrected chi connectivity index (χ2v) is 4.61. The number of imidazole rings is 1. The Labute approximate surface area is 109 Å². The molecule has 1 aromatic carbocycles. The first kappa shape index (κ1) is 12.5. The SMILES string of the molecule is N#CCSCC(=O)NCc1nc2ccccc2[nH]1. The first-order valence-electron chi connectivity index (χ1n) is 5.44. The molecule has 0 atom stereocenters. The van der Waals surface area contributed by atoms with E-state index in [1.807, 2.05) is 30.3 Å². The number of hydrogen-bond acceptors (Lipinski definition) is 4. The van der Waals surface area contributed by atoms with Crippen molar-refractivity contribution in [2.24, 2.45) is 0 Å². The number of fused-ring (bicyclic) bond motifs is 1. The number of amides is 1. The molecule has 0 saturated heterocycles. The van der Waals surface area contributed by atoms with E-state index < -0.39 is 0 Å². The number of aromatic amines is 1. The van der Waals surface area contributed by atoms with Crippen molar-refractivity contribution in [3.8, 4) is 6.07 Å². The molecule has 0 spiro atoms. The van der Waals surface area contributed by atoms with Gasteiger partial charge in [-0.1, -0.05) is 12.1 Å². The van der Waals surface area contributed by atoms with Gasteiger partial charge in [0, 0.05) is 0 Å². The maximum absolute atomic E-state index is 11.4. The van der Waals surface area contributed by atoms with Crippen LogP contribution < -0.4 is 5.32 Å². The molecule has 0 aliphatic carbocycles. The molecule has 0 bridgehead atoms. The van der Waals surface area contributed by atoms with E-state index in [0.717, 1.165) is 16.9 Å². The van der Waals surface area contributed by atoms with Gasteiger partial charge < -0.3 is 10.3 Å². The van der Waals surface area contributed by atoms with Crippen LogP contribution in [0.1, 0.15) is 5.82 Å². The third-order valence-electron chi connectivity index (χ3n) is 2.29. The Morgan fingerprint density at radius 3 is 3.11 bits per heavy atom. The van der Waals surface area contributed by atoms with Crippen molar-refractivity contribution in [3.63, 3.8) is 0 Å². The quantitative estimate of drug-likeness (QED) is 0.797. The monoisotopic (exact) mass is 260 g/mol. The van der Waals surface area contributed by atoms with Crippen LogP contribution >= 0.6 is 11.8 Å². The summed E-state index contributed by atoms with van der Waals surface area (Å²) in [6, 6.07) is 9.69. The maximum atomic E-state index is 11.4. The van der Waals surface area contributed by atoms with Gasteiger partial charge in [-0.05, 0) is 12.1 Å². The van der Waals surface area contributed by atoms with Gasteiger partial charge in [0.05, 0.1) is 35.2 Å². The number of nitriles is 1. The summed E-state index contributed by atoms with van der Waals surface area (Å²) in [5.41, 5.74) is 1.85. The minimum absolute atomic E-state index is 0.0873. The Balaban J connectivity index is 1.86. The molecule has 0 radical (unpaired) electrons. The van der Waals surface area contributed by atoms with Crippen molar-refractivity contribution in [2.45, 2.75) is 6.54 Å². The van der Waals surface area contributed by atoms with Gasteiger partial charge in [0.2, 0.25) is 5.91 Å². The molecular formula is C12H12N4OS. The number of para-hydroxylation sites is 2. The van der Waals surface area contributed by atoms with E-state index in [2.05, 4.69) is 15.3 Å². The van der Waals surface area contributed by atoms with Crippen LogP contribution in [-0.2, 0) is 11.3 Å². The van der Waals surface area contributed by atoms with E-state index in [-0.39, 0.29) is 5.91 Å². The van der Waals surface area contributed by atoms with Crippen LogP contribution in [0.15, 0.2) is 24.3 Å². The molecule has 0 aliphatic rings. The normalized spacial score (nSPS) is 10.2. The molecule has 0 saturated carbocycles. The van der Waals surface area contributed by atoms with Crippen molar-refractivity contribution < 1.29 is 4.79 Å². The first-order chi connectivity index (χ1) is 8.79. The predicted octanol–water partition coefficient (Wildman–Crippen LogP) is 1.44. The highest BCUT2D eigenvalue weighted by atomic mass is 32.2. The number of aromatic nitrogens is 2. The Bertz CT molecular complexity index is 554. The summed E-state index contributed by atoms with van der Waals surface area (Å²) in [5, 5.41) is 11.1. The summed E-state index contributed by atoms with van der Waals surface area (Å²) in [4.78, 5) is 18.9. The minimum Gasteiger partial charge on any atom is -0.348 e. The second kappa shape index (κ2) is 6.07. The fraction of sp³-hybridized carbons (Fsp3) is 0.250. The second-order valence-electron chi connectivity index (χ2n) is 3.63. The average Bonchev–Trinajstić information content (AvgIpc) is 2.79. The minimum atomic E-state index is -0.0873. The summed E-state index contributed by atoms with van der Waals surface area (Å²) in [6.07, 6.45) is 0. The van der Waals surface area contributed by atoms with Crippen molar-refractivity contribution in [1.82, 2.24) is 15.3 Å². The molecule has 18 heavy (non-hydrogen) atoms. The molecule has 92 valence electrons. The van der Waals surface area contributed by atoms with E-state index in [0.29, 0.717) is 18.1 Å². The van der Waals surface area contributed by atoms with Crippen molar-refractivity contribution in [3.05, 3.63) is 30.1 Å². The van der Waals surface area contributed by atoms with Crippen molar-refractivity contribution in [2.75, 3.05) is 11.5 Å². The maximum Gasteiger partial charge on any atom is 0.230 e. The van der Waals surface area contributed by atoms with Gasteiger partial charge in [-0.15, -0.1) is 11.8 Å². The van der Waals surface area contributed by atoms with Gasteiger partial charge in [0.15, 0.2) is 0 Å². The van der Waals surface area contributed by atoms with Crippen LogP contribution in [0.5, 0.6) is 0 Å². The van der Waals surface area contributed by atoms with Gasteiger partial charge in [-0.3, -0.25) is 4.79 Å². The lowest BCUT2D eigenvalue weighted by Crippen LogP contribution is -2.25. The molecule has 5 nitrogen and oxygen atoms in total. The van der Waals surface area contributed by atoms with Crippen LogP contribution in [0.3, 0.4) is 0 Å². The molecule has 1 aromatic heterocycles. The fourth-order valence-corrected chi connectivity index (χ4v) is 1.99. The van der Waals surface area contributed by atoms with E-state index in [1.165, 1.54) is 11.8 Å². The lowest BCUT2D eigenvalue weighted by molar-refractivity contribution is -0.118. The number of carbonyl (C=O) groups is 1. The average molecular weight is 260 g/mol. The smallest absolute Gasteiger partial charge is 0.230 e. The van der Waals surface area contributed by atoms with Crippen molar-refractivity contribution in [1.29, 1.82) is 5.26 Å². The van der Waals surface area contributed by atoms with Gasteiger partial charge in [-0.25, -0.2) is 4.98 Å². The molecule has 2 rings (SSSR count). The Morgan fingerprint density at radius 1 is 1.50 bits per heavy atom. The molecule has 0 aliphatic heterocycles. The molecule has 0 fully saturated rings. The van der Waals surface area contributed by atoms with Gasteiger partial charge >= 0.3 is 0 Å². The van der Waals surface area contributed by atoms with E-state index >= 15 is 0 Å². The zero-order valence-corrected chi connectivity index (χ0v) is 10.5. The summed E-state index contributed by atoms with van der Waals surface area (Å²) >= 11 is 1.30. The summed E-state index contributed by atoms with van der Waals surface area (Å²) in [5.74, 6) is 1.27. The standard InChI is InChI=1S/C12H12N4OS/c13-5-6-18-8-12(17)14-7-11-15-9-3-1-2-4-10(9)16-11/h1-4H,6-8H2,(H,14,17)(H,15,16). The van der Waals surface area contributed by atoms with Crippen LogP contribution in [-0.4, -0.2) is 27.4 Å². The van der Waals surface area contributed by atoms with Crippen LogP contribution in [0.4, 0.5) is 0 Å². The largest absolute Gasteiger partial charge is 0.348 e. The topological polar surface area (TPSA) is 81.6 Å². The zero-order chi connectivity index (χ0) is 12.8. The third kappa shape index (κ3) is 3.25. The van der Waals surface area contributed by atoms with E-state index in [1.54, 1.807) is 0 Å². The van der Waals surface area contributed by atoms with Gasteiger partial charge in [0.25, 0.3) is 0 Å². The predicted molar refractivity (Wildman–Crippen MR) is 70.9 cm³/mol. The number of carbonyl (C=O) groups excluding carboxylic acids is 1. The number of benzene rings is 1. The van der Waals surface area contributed by atoms with Crippen LogP contribution in [0, 0.1) is 11.3 Å². The molecule has 0 unspecified atom stereocenters. The molecule has 2 N–H and O–H groups in total. The number of nitrogens with zero attached hydrogens (tertiary/aromatic N) is 2. The highest BCUT2D eigenvalue weighted by molar-refractivity contribution is 8.00. The molecule has 1 amide bonds. The number of rotatable bonds is 5. The first-order valence-corrected chi connectivity index (χ1v) is 6.60. The number of thioether (sulfide) groups is 1. The Hall–Kier alpha value is -2.00. The third-order valence-corrected chi connectivity index (χ3v) is 3.09. The number of H-pyrrole nitrogens is 1. The molecular weight excluding hydrogens is 248 g/mol. The Morgan fingerprint density at radius 2 is 2.33 bits per heavy atom. The lowest BCUT2D eigenvalue weighted by atomic mass is 10.3. The number of hydrogen-bond donors (Lipinski definition) is 2. The molecule has 1 heterocycles. The van der Waals surface area contributed by atoms with E-state index in [4.69, 9.17) is 5.26 Å². The van der Waals surface area contributed by atoms with Gasteiger partial charge in [0.1, 0.15) is 5.82 Å². The van der Waals surface area contributed by atoms with E-state index in [9.17, 15) is 4.79 Å². The lowest BCUT2D eigenvalue weighted by Gasteiger charge is -2.01. The zero-order valence-electron chi connectivity index (χ0n) is 9.64. The Kier molecular flexibility index (Phi) is 4.20. The fourth-order valence-electron chi connectivity index (χ4n) is 1.51. The van der Waals surface area contributed by atoms with Gasteiger partial charge in [-0.2, -0.15) is 5.26 Å². The van der Waals surface area contributed by atoms with Crippen LogP contribution in [0.2, 0.25) is 0 Å². The number of nitrogens with one attached hydrogen (secondary N) is 2. The highest BCUT2D eigenvalue weighted by Gasteiger charge is 2.04. The molecule has 6 heteroatoms. The van der Waals surface area contributed by atoms with Crippen molar-refractivity contribution >= 4 is 28.7 Å².